The summed E-state index contributed by atoms with van der Waals surface area (Å²) in [5, 5.41) is 7.48. The molecule has 0 spiro atoms. The lowest BCUT2D eigenvalue weighted by Crippen LogP contribution is -2.15. The van der Waals surface area contributed by atoms with Gasteiger partial charge in [0.05, 0.1) is 11.7 Å². The number of nitrogens with zero attached hydrogens (tertiary/aromatic N) is 2. The molecule has 0 aromatic carbocycles. The molecule has 2 heterocycles. The van der Waals surface area contributed by atoms with E-state index in [-0.39, 0.29) is 6.04 Å². The van der Waals surface area contributed by atoms with Crippen LogP contribution >= 0.6 is 0 Å². The van der Waals surface area contributed by atoms with E-state index in [1.807, 2.05) is 42.2 Å². The Morgan fingerprint density at radius 1 is 1.60 bits per heavy atom. The summed E-state index contributed by atoms with van der Waals surface area (Å²) >= 11 is 0. The first-order chi connectivity index (χ1) is 7.36. The van der Waals surface area contributed by atoms with Gasteiger partial charge in [0.1, 0.15) is 0 Å². The smallest absolute Gasteiger partial charge is 0.0709 e. The third-order valence-electron chi connectivity index (χ3n) is 2.50. The van der Waals surface area contributed by atoms with Crippen molar-refractivity contribution in [2.75, 3.05) is 7.05 Å². The Bertz CT molecular complexity index is 493. The molecule has 2 aromatic heterocycles. The van der Waals surface area contributed by atoms with Crippen molar-refractivity contribution in [2.24, 2.45) is 0 Å². The van der Waals surface area contributed by atoms with E-state index in [9.17, 15) is 0 Å². The topological polar surface area (TPSA) is 29.3 Å². The second-order valence-corrected chi connectivity index (χ2v) is 3.38. The van der Waals surface area contributed by atoms with Crippen LogP contribution in [0.4, 0.5) is 0 Å². The summed E-state index contributed by atoms with van der Waals surface area (Å²) in [7, 11) is 1.91. The molecule has 76 valence electrons. The molecule has 0 radical (unpaired) electrons. The molecule has 0 aliphatic heterocycles. The van der Waals surface area contributed by atoms with Crippen LogP contribution in [0, 0.1) is 12.3 Å². The first kappa shape index (κ1) is 9.75. The number of terminal acetylenes is 1. The minimum absolute atomic E-state index is 0.176. The Labute approximate surface area is 89.1 Å². The van der Waals surface area contributed by atoms with E-state index in [1.54, 1.807) is 0 Å². The molecule has 0 fully saturated rings. The van der Waals surface area contributed by atoms with Crippen LogP contribution in [-0.2, 0) is 0 Å². The highest BCUT2D eigenvalue weighted by Gasteiger charge is 2.12. The van der Waals surface area contributed by atoms with Crippen molar-refractivity contribution in [3.63, 3.8) is 0 Å². The van der Waals surface area contributed by atoms with Gasteiger partial charge in [0.2, 0.25) is 0 Å². The second-order valence-electron chi connectivity index (χ2n) is 3.38. The van der Waals surface area contributed by atoms with Crippen molar-refractivity contribution in [2.45, 2.75) is 12.5 Å². The molecule has 0 bridgehead atoms. The van der Waals surface area contributed by atoms with Crippen molar-refractivity contribution in [1.82, 2.24) is 14.9 Å². The Hall–Kier alpha value is -1.79. The molecule has 3 heteroatoms. The summed E-state index contributed by atoms with van der Waals surface area (Å²) in [4.78, 5) is 0. The van der Waals surface area contributed by atoms with Gasteiger partial charge in [-0.1, -0.05) is 6.07 Å². The van der Waals surface area contributed by atoms with Gasteiger partial charge in [0.15, 0.2) is 0 Å². The molecule has 15 heavy (non-hydrogen) atoms. The lowest BCUT2D eigenvalue weighted by Gasteiger charge is -2.11. The number of aromatic nitrogens is 2. The van der Waals surface area contributed by atoms with Crippen LogP contribution in [-0.4, -0.2) is 16.7 Å². The van der Waals surface area contributed by atoms with E-state index in [1.165, 1.54) is 0 Å². The van der Waals surface area contributed by atoms with E-state index >= 15 is 0 Å². The van der Waals surface area contributed by atoms with Crippen LogP contribution < -0.4 is 5.32 Å². The highest BCUT2D eigenvalue weighted by atomic mass is 15.2. The average molecular weight is 199 g/mol. The maximum atomic E-state index is 5.34. The number of fused-ring (bicyclic) bond motifs is 1. The van der Waals surface area contributed by atoms with Gasteiger partial charge in [-0.05, 0) is 19.2 Å². The van der Waals surface area contributed by atoms with Gasteiger partial charge in [-0.3, -0.25) is 0 Å². The fourth-order valence-corrected chi connectivity index (χ4v) is 1.71. The molecule has 2 aromatic rings. The SMILES string of the molecule is C#CCC(NC)c1cnn2ccccc12. The monoisotopic (exact) mass is 199 g/mol. The molecule has 1 atom stereocenters. The van der Waals surface area contributed by atoms with E-state index in [2.05, 4.69) is 16.3 Å². The Balaban J connectivity index is 2.47. The van der Waals surface area contributed by atoms with Crippen LogP contribution in [0.15, 0.2) is 30.6 Å². The minimum Gasteiger partial charge on any atom is -0.312 e. The summed E-state index contributed by atoms with van der Waals surface area (Å²) in [6.07, 6.45) is 9.81. The van der Waals surface area contributed by atoms with Crippen molar-refractivity contribution in [1.29, 1.82) is 0 Å². The lowest BCUT2D eigenvalue weighted by molar-refractivity contribution is 0.616. The maximum absolute atomic E-state index is 5.34. The fourth-order valence-electron chi connectivity index (χ4n) is 1.71. The predicted molar refractivity (Wildman–Crippen MR) is 60.4 cm³/mol. The molecule has 0 aliphatic rings. The van der Waals surface area contributed by atoms with Gasteiger partial charge in [0.25, 0.3) is 0 Å². The molecule has 1 unspecified atom stereocenters. The van der Waals surface area contributed by atoms with Crippen LogP contribution in [0.5, 0.6) is 0 Å². The van der Waals surface area contributed by atoms with Gasteiger partial charge in [0, 0.05) is 24.2 Å². The Kier molecular flexibility index (Phi) is 2.70. The Morgan fingerprint density at radius 2 is 2.47 bits per heavy atom. The van der Waals surface area contributed by atoms with Crippen LogP contribution in [0.25, 0.3) is 5.52 Å². The first-order valence-corrected chi connectivity index (χ1v) is 4.90. The zero-order valence-electron chi connectivity index (χ0n) is 8.64. The maximum Gasteiger partial charge on any atom is 0.0709 e. The average Bonchev–Trinajstić information content (AvgIpc) is 2.70. The molecule has 0 saturated heterocycles. The van der Waals surface area contributed by atoms with E-state index in [0.29, 0.717) is 6.42 Å². The summed E-state index contributed by atoms with van der Waals surface area (Å²) < 4.78 is 1.86. The second kappa shape index (κ2) is 4.16. The van der Waals surface area contributed by atoms with Gasteiger partial charge < -0.3 is 5.32 Å². The number of hydrogen-bond donors (Lipinski definition) is 1. The van der Waals surface area contributed by atoms with Crippen molar-refractivity contribution < 1.29 is 0 Å². The standard InChI is InChI=1S/C12H13N3/c1-3-6-11(13-2)10-9-14-15-8-5-4-7-12(10)15/h1,4-5,7-9,11,13H,6H2,2H3. The molecule has 0 saturated carbocycles. The molecule has 1 N–H and O–H groups in total. The van der Waals surface area contributed by atoms with Crippen molar-refractivity contribution >= 4 is 5.52 Å². The number of nitrogens with one attached hydrogen (secondary N) is 1. The third-order valence-corrected chi connectivity index (χ3v) is 2.50. The summed E-state index contributed by atoms with van der Waals surface area (Å²) in [5.41, 5.74) is 2.25. The largest absolute Gasteiger partial charge is 0.312 e. The number of hydrogen-bond acceptors (Lipinski definition) is 2. The first-order valence-electron chi connectivity index (χ1n) is 4.90. The number of pyridine rings is 1. The molecule has 0 aliphatic carbocycles. The van der Waals surface area contributed by atoms with Crippen molar-refractivity contribution in [3.05, 3.63) is 36.2 Å². The molecule has 3 nitrogen and oxygen atoms in total. The summed E-state index contributed by atoms with van der Waals surface area (Å²) in [6, 6.07) is 6.18. The van der Waals surface area contributed by atoms with Gasteiger partial charge in [-0.2, -0.15) is 5.10 Å². The molecule has 0 amide bonds. The highest BCUT2D eigenvalue weighted by molar-refractivity contribution is 5.55. The molecular formula is C12H13N3. The molecule has 2 rings (SSSR count). The Morgan fingerprint density at radius 3 is 3.20 bits per heavy atom. The molecular weight excluding hydrogens is 186 g/mol. The third kappa shape index (κ3) is 1.72. The van der Waals surface area contributed by atoms with Gasteiger partial charge in [-0.15, -0.1) is 12.3 Å². The highest BCUT2D eigenvalue weighted by Crippen LogP contribution is 2.20. The van der Waals surface area contributed by atoms with Crippen LogP contribution in [0.2, 0.25) is 0 Å². The van der Waals surface area contributed by atoms with Crippen molar-refractivity contribution in [3.8, 4) is 12.3 Å². The normalized spacial score (nSPS) is 12.5. The lowest BCUT2D eigenvalue weighted by atomic mass is 10.1. The summed E-state index contributed by atoms with van der Waals surface area (Å²) in [5.74, 6) is 2.67. The fraction of sp³-hybridized carbons (Fsp3) is 0.250. The zero-order valence-corrected chi connectivity index (χ0v) is 8.64. The minimum atomic E-state index is 0.176. The quantitative estimate of drug-likeness (QED) is 0.761. The summed E-state index contributed by atoms with van der Waals surface area (Å²) in [6.45, 7) is 0. The predicted octanol–water partition coefficient (Wildman–Crippen LogP) is 1.62. The van der Waals surface area contributed by atoms with Crippen LogP contribution in [0.1, 0.15) is 18.0 Å². The van der Waals surface area contributed by atoms with E-state index in [0.717, 1.165) is 11.1 Å². The van der Waals surface area contributed by atoms with Crippen LogP contribution in [0.3, 0.4) is 0 Å². The van der Waals surface area contributed by atoms with E-state index < -0.39 is 0 Å². The van der Waals surface area contributed by atoms with Gasteiger partial charge >= 0.3 is 0 Å². The van der Waals surface area contributed by atoms with Gasteiger partial charge in [-0.25, -0.2) is 4.52 Å². The zero-order chi connectivity index (χ0) is 10.7. The van der Waals surface area contributed by atoms with E-state index in [4.69, 9.17) is 6.42 Å². The number of rotatable bonds is 3.